The molecule has 4 rings (SSSR count). The van der Waals surface area contributed by atoms with Crippen LogP contribution in [0.25, 0.3) is 0 Å². The standard InChI is InChI=1S/C20H22FN3O/c1-13-2-7-18-19(10-13)23(8-9-24(18)16-5-6-16)12-15-4-3-14(20(22)25)11-17(15)21/h2-4,7,10-11,16H,5-6,8-9,12H2,1H3,(H2,22,25). The first kappa shape index (κ1) is 15.9. The van der Waals surface area contributed by atoms with Crippen molar-refractivity contribution in [2.45, 2.75) is 32.4 Å². The zero-order valence-corrected chi connectivity index (χ0v) is 14.3. The molecule has 0 unspecified atom stereocenters. The largest absolute Gasteiger partial charge is 0.366 e. The summed E-state index contributed by atoms with van der Waals surface area (Å²) < 4.78 is 14.4. The van der Waals surface area contributed by atoms with Crippen LogP contribution < -0.4 is 15.5 Å². The molecule has 0 aromatic heterocycles. The summed E-state index contributed by atoms with van der Waals surface area (Å²) in [5.74, 6) is -0.986. The Hall–Kier alpha value is -2.56. The van der Waals surface area contributed by atoms with Crippen molar-refractivity contribution < 1.29 is 9.18 Å². The topological polar surface area (TPSA) is 49.6 Å². The fraction of sp³-hybridized carbons (Fsp3) is 0.350. The number of aryl methyl sites for hydroxylation is 1. The molecule has 1 saturated carbocycles. The third-order valence-corrected chi connectivity index (χ3v) is 5.08. The lowest BCUT2D eigenvalue weighted by Gasteiger charge is -2.39. The van der Waals surface area contributed by atoms with E-state index < -0.39 is 5.91 Å². The predicted octanol–water partition coefficient (Wildman–Crippen LogP) is 3.22. The van der Waals surface area contributed by atoms with Gasteiger partial charge in [0.1, 0.15) is 5.82 Å². The van der Waals surface area contributed by atoms with Gasteiger partial charge in [-0.1, -0.05) is 12.1 Å². The zero-order valence-electron chi connectivity index (χ0n) is 14.3. The van der Waals surface area contributed by atoms with Crippen LogP contribution in [-0.2, 0) is 6.54 Å². The first-order valence-corrected chi connectivity index (χ1v) is 8.73. The highest BCUT2D eigenvalue weighted by atomic mass is 19.1. The number of halogens is 1. The van der Waals surface area contributed by atoms with Gasteiger partial charge in [-0.15, -0.1) is 0 Å². The van der Waals surface area contributed by atoms with Crippen molar-refractivity contribution >= 4 is 17.3 Å². The molecule has 2 N–H and O–H groups in total. The Bertz CT molecular complexity index is 832. The average Bonchev–Trinajstić information content (AvgIpc) is 3.41. The van der Waals surface area contributed by atoms with Gasteiger partial charge in [-0.2, -0.15) is 0 Å². The van der Waals surface area contributed by atoms with Gasteiger partial charge in [0, 0.05) is 36.8 Å². The molecule has 1 fully saturated rings. The number of nitrogens with zero attached hydrogens (tertiary/aromatic N) is 2. The molecule has 2 aromatic carbocycles. The highest BCUT2D eigenvalue weighted by molar-refractivity contribution is 5.92. The molecule has 1 aliphatic carbocycles. The molecular formula is C20H22FN3O. The lowest BCUT2D eigenvalue weighted by molar-refractivity contribution is 0.1000. The van der Waals surface area contributed by atoms with E-state index in [0.717, 1.165) is 18.8 Å². The Morgan fingerprint density at radius 1 is 1.16 bits per heavy atom. The predicted molar refractivity (Wildman–Crippen MR) is 97.5 cm³/mol. The molecule has 2 aromatic rings. The molecule has 1 amide bonds. The number of fused-ring (bicyclic) bond motifs is 1. The van der Waals surface area contributed by atoms with Gasteiger partial charge in [0.25, 0.3) is 0 Å². The van der Waals surface area contributed by atoms with Gasteiger partial charge in [-0.25, -0.2) is 4.39 Å². The maximum Gasteiger partial charge on any atom is 0.248 e. The third kappa shape index (κ3) is 3.06. The highest BCUT2D eigenvalue weighted by Gasteiger charge is 2.34. The van der Waals surface area contributed by atoms with Crippen molar-refractivity contribution in [2.75, 3.05) is 22.9 Å². The number of benzene rings is 2. The van der Waals surface area contributed by atoms with Crippen LogP contribution in [0.4, 0.5) is 15.8 Å². The van der Waals surface area contributed by atoms with Gasteiger partial charge in [0.05, 0.1) is 11.4 Å². The molecule has 1 aliphatic heterocycles. The van der Waals surface area contributed by atoms with E-state index in [2.05, 4.69) is 34.9 Å². The van der Waals surface area contributed by atoms with Crippen molar-refractivity contribution in [1.29, 1.82) is 0 Å². The van der Waals surface area contributed by atoms with Crippen molar-refractivity contribution in [1.82, 2.24) is 0 Å². The van der Waals surface area contributed by atoms with Gasteiger partial charge in [-0.05, 0) is 49.6 Å². The minimum Gasteiger partial charge on any atom is -0.366 e. The van der Waals surface area contributed by atoms with Crippen molar-refractivity contribution in [3.8, 4) is 0 Å². The summed E-state index contributed by atoms with van der Waals surface area (Å²) in [6.45, 7) is 4.39. The van der Waals surface area contributed by atoms with Gasteiger partial charge in [0.2, 0.25) is 5.91 Å². The van der Waals surface area contributed by atoms with Crippen LogP contribution in [0.2, 0.25) is 0 Å². The van der Waals surface area contributed by atoms with E-state index in [9.17, 15) is 9.18 Å². The van der Waals surface area contributed by atoms with Crippen molar-refractivity contribution in [3.63, 3.8) is 0 Å². The Labute approximate surface area is 147 Å². The average molecular weight is 339 g/mol. The maximum absolute atomic E-state index is 14.4. The van der Waals surface area contributed by atoms with Gasteiger partial charge >= 0.3 is 0 Å². The summed E-state index contributed by atoms with van der Waals surface area (Å²) in [6.07, 6.45) is 2.52. The van der Waals surface area contributed by atoms with E-state index in [1.807, 2.05) is 0 Å². The summed E-state index contributed by atoms with van der Waals surface area (Å²) in [5.41, 5.74) is 9.62. The Balaban J connectivity index is 1.64. The fourth-order valence-electron chi connectivity index (χ4n) is 3.56. The Morgan fingerprint density at radius 3 is 2.64 bits per heavy atom. The second kappa shape index (κ2) is 6.06. The lowest BCUT2D eigenvalue weighted by Crippen LogP contribution is -2.42. The lowest BCUT2D eigenvalue weighted by atomic mass is 10.1. The maximum atomic E-state index is 14.4. The first-order chi connectivity index (χ1) is 12.0. The number of amides is 1. The van der Waals surface area contributed by atoms with Gasteiger partial charge < -0.3 is 15.5 Å². The summed E-state index contributed by atoms with van der Waals surface area (Å²) in [4.78, 5) is 15.9. The number of rotatable bonds is 4. The molecule has 1 heterocycles. The number of primary amides is 1. The van der Waals surface area contributed by atoms with Crippen molar-refractivity contribution in [2.24, 2.45) is 5.73 Å². The molecule has 130 valence electrons. The number of anilines is 2. The van der Waals surface area contributed by atoms with Crippen LogP contribution in [0, 0.1) is 12.7 Å². The molecule has 2 aliphatic rings. The molecule has 0 bridgehead atoms. The summed E-state index contributed by atoms with van der Waals surface area (Å²) in [6, 6.07) is 11.7. The highest BCUT2D eigenvalue weighted by Crippen LogP contribution is 2.41. The van der Waals surface area contributed by atoms with E-state index in [-0.39, 0.29) is 11.4 Å². The minimum atomic E-state index is -0.607. The normalized spacial score (nSPS) is 16.7. The molecule has 0 spiro atoms. The van der Waals surface area contributed by atoms with Crippen molar-refractivity contribution in [3.05, 3.63) is 58.9 Å². The molecule has 25 heavy (non-hydrogen) atoms. The molecule has 0 radical (unpaired) electrons. The van der Waals surface area contributed by atoms with Crippen LogP contribution in [0.15, 0.2) is 36.4 Å². The molecule has 0 atom stereocenters. The quantitative estimate of drug-likeness (QED) is 0.930. The van der Waals surface area contributed by atoms with E-state index in [4.69, 9.17) is 5.73 Å². The zero-order chi connectivity index (χ0) is 17.6. The summed E-state index contributed by atoms with van der Waals surface area (Å²) in [5, 5.41) is 0. The summed E-state index contributed by atoms with van der Waals surface area (Å²) >= 11 is 0. The van der Waals surface area contributed by atoms with E-state index in [1.54, 1.807) is 12.1 Å². The van der Waals surface area contributed by atoms with E-state index >= 15 is 0 Å². The second-order valence-electron chi connectivity index (χ2n) is 7.01. The summed E-state index contributed by atoms with van der Waals surface area (Å²) in [7, 11) is 0. The number of nitrogens with two attached hydrogens (primary N) is 1. The number of hydrogen-bond acceptors (Lipinski definition) is 3. The monoisotopic (exact) mass is 339 g/mol. The van der Waals surface area contributed by atoms with Crippen LogP contribution in [0.1, 0.15) is 34.3 Å². The van der Waals surface area contributed by atoms with Crippen LogP contribution in [0.5, 0.6) is 0 Å². The first-order valence-electron chi connectivity index (χ1n) is 8.73. The van der Waals surface area contributed by atoms with Crippen LogP contribution in [0.3, 0.4) is 0 Å². The van der Waals surface area contributed by atoms with E-state index in [1.165, 1.54) is 30.2 Å². The van der Waals surface area contributed by atoms with E-state index in [0.29, 0.717) is 18.2 Å². The van der Waals surface area contributed by atoms with Gasteiger partial charge in [-0.3, -0.25) is 4.79 Å². The SMILES string of the molecule is Cc1ccc2c(c1)N(Cc1ccc(C(N)=O)cc1F)CCN2C1CC1. The van der Waals surface area contributed by atoms with Gasteiger partial charge in [0.15, 0.2) is 0 Å². The smallest absolute Gasteiger partial charge is 0.248 e. The Kier molecular flexibility index (Phi) is 3.86. The number of carbonyl (C=O) groups is 1. The Morgan fingerprint density at radius 2 is 1.96 bits per heavy atom. The third-order valence-electron chi connectivity index (χ3n) is 5.08. The molecular weight excluding hydrogens is 317 g/mol. The molecule has 5 heteroatoms. The number of carbonyl (C=O) groups excluding carboxylic acids is 1. The minimum absolute atomic E-state index is 0.205. The molecule has 0 saturated heterocycles. The fourth-order valence-corrected chi connectivity index (χ4v) is 3.56. The molecule has 4 nitrogen and oxygen atoms in total. The number of hydrogen-bond donors (Lipinski definition) is 1. The van der Waals surface area contributed by atoms with Crippen LogP contribution >= 0.6 is 0 Å². The van der Waals surface area contributed by atoms with Crippen LogP contribution in [-0.4, -0.2) is 25.0 Å². The second-order valence-corrected chi connectivity index (χ2v) is 7.01.